The lowest BCUT2D eigenvalue weighted by atomic mass is 10.1. The molecular formula is C40H24N4S2. The highest BCUT2D eigenvalue weighted by Crippen LogP contribution is 2.45. The third-order valence-corrected chi connectivity index (χ3v) is 10.5. The summed E-state index contributed by atoms with van der Waals surface area (Å²) in [5.41, 5.74) is 7.46. The average molecular weight is 625 g/mol. The van der Waals surface area contributed by atoms with Crippen LogP contribution in [0.1, 0.15) is 0 Å². The van der Waals surface area contributed by atoms with Gasteiger partial charge in [0.2, 0.25) is 0 Å². The van der Waals surface area contributed by atoms with E-state index in [1.807, 2.05) is 66.7 Å². The highest BCUT2D eigenvalue weighted by atomic mass is 32.1. The van der Waals surface area contributed by atoms with Crippen molar-refractivity contribution >= 4 is 53.1 Å². The molecule has 3 aromatic heterocycles. The molecule has 0 bridgehead atoms. The molecule has 0 radical (unpaired) electrons. The zero-order valence-electron chi connectivity index (χ0n) is 24.5. The molecule has 0 amide bonds. The summed E-state index contributed by atoms with van der Waals surface area (Å²) in [6, 6.07) is 50.3. The summed E-state index contributed by atoms with van der Waals surface area (Å²) in [4.78, 5) is 20.1. The highest BCUT2D eigenvalue weighted by molar-refractivity contribution is 7.27. The number of rotatable bonds is 5. The molecular weight excluding hydrogens is 601 g/mol. The third kappa shape index (κ3) is 4.67. The van der Waals surface area contributed by atoms with Gasteiger partial charge in [-0.1, -0.05) is 127 Å². The summed E-state index contributed by atoms with van der Waals surface area (Å²) in [6.45, 7) is 0. The second-order valence-corrected chi connectivity index (χ2v) is 13.1. The molecule has 0 N–H and O–H groups in total. The number of nitrogens with zero attached hydrogens (tertiary/aromatic N) is 4. The molecule has 0 saturated heterocycles. The predicted molar refractivity (Wildman–Crippen MR) is 193 cm³/mol. The second-order valence-electron chi connectivity index (χ2n) is 11.1. The van der Waals surface area contributed by atoms with E-state index in [-0.39, 0.29) is 0 Å². The van der Waals surface area contributed by atoms with Crippen molar-refractivity contribution in [2.45, 2.75) is 0 Å². The largest absolute Gasteiger partial charge is 0.236 e. The standard InChI is InChI=1S/C40H24N4S2/c1-4-12-25(13-5-1)28-22-23-34-33(24-28)41-40(45-34)32-21-11-19-30-29-18-10-20-31(35(29)46-36(30)32)39-43-37(26-14-6-2-7-15-26)42-38(44-39)27-16-8-3-9-17-27/h1-24H. The van der Waals surface area contributed by atoms with Crippen molar-refractivity contribution < 1.29 is 0 Å². The van der Waals surface area contributed by atoms with Crippen LogP contribution in [-0.2, 0) is 0 Å². The van der Waals surface area contributed by atoms with Gasteiger partial charge in [0.05, 0.1) is 10.2 Å². The Kier molecular flexibility index (Phi) is 6.47. The zero-order chi connectivity index (χ0) is 30.5. The van der Waals surface area contributed by atoms with Crippen LogP contribution in [0, 0.1) is 0 Å². The molecule has 0 fully saturated rings. The summed E-state index contributed by atoms with van der Waals surface area (Å²) in [5.74, 6) is 1.99. The van der Waals surface area contributed by atoms with Crippen LogP contribution in [0.3, 0.4) is 0 Å². The van der Waals surface area contributed by atoms with Crippen LogP contribution in [-0.4, -0.2) is 19.9 Å². The van der Waals surface area contributed by atoms with E-state index in [9.17, 15) is 0 Å². The molecule has 216 valence electrons. The topological polar surface area (TPSA) is 51.6 Å². The van der Waals surface area contributed by atoms with Crippen molar-refractivity contribution in [1.29, 1.82) is 0 Å². The first-order valence-electron chi connectivity index (χ1n) is 15.1. The van der Waals surface area contributed by atoms with Crippen LogP contribution in [0.15, 0.2) is 146 Å². The van der Waals surface area contributed by atoms with Gasteiger partial charge in [-0.15, -0.1) is 22.7 Å². The summed E-state index contributed by atoms with van der Waals surface area (Å²) < 4.78 is 3.55. The van der Waals surface area contributed by atoms with Gasteiger partial charge in [0.25, 0.3) is 0 Å². The van der Waals surface area contributed by atoms with E-state index in [1.54, 1.807) is 22.7 Å². The fraction of sp³-hybridized carbons (Fsp3) is 0. The van der Waals surface area contributed by atoms with Crippen molar-refractivity contribution in [1.82, 2.24) is 19.9 Å². The number of thiophene rings is 1. The molecule has 6 aromatic carbocycles. The third-order valence-electron chi connectivity index (χ3n) is 8.19. The maximum absolute atomic E-state index is 5.15. The van der Waals surface area contributed by atoms with Gasteiger partial charge in [-0.2, -0.15) is 0 Å². The molecule has 9 aromatic rings. The van der Waals surface area contributed by atoms with Crippen LogP contribution in [0.5, 0.6) is 0 Å². The van der Waals surface area contributed by atoms with Crippen LogP contribution >= 0.6 is 22.7 Å². The maximum Gasteiger partial charge on any atom is 0.165 e. The first-order valence-corrected chi connectivity index (χ1v) is 16.7. The summed E-state index contributed by atoms with van der Waals surface area (Å²) in [5, 5.41) is 3.43. The Labute approximate surface area is 273 Å². The van der Waals surface area contributed by atoms with Crippen LogP contribution in [0.2, 0.25) is 0 Å². The van der Waals surface area contributed by atoms with Crippen LogP contribution in [0.25, 0.3) is 86.3 Å². The molecule has 9 rings (SSSR count). The Morgan fingerprint density at radius 3 is 1.54 bits per heavy atom. The van der Waals surface area contributed by atoms with E-state index in [1.165, 1.54) is 31.3 Å². The predicted octanol–water partition coefficient (Wildman–Crippen LogP) is 11.2. The summed E-state index contributed by atoms with van der Waals surface area (Å²) in [6.07, 6.45) is 0. The molecule has 0 atom stereocenters. The average Bonchev–Trinajstić information content (AvgIpc) is 3.74. The van der Waals surface area contributed by atoms with Gasteiger partial charge in [-0.3, -0.25) is 0 Å². The fourth-order valence-corrected chi connectivity index (χ4v) is 8.31. The first kappa shape index (κ1) is 26.8. The lowest BCUT2D eigenvalue weighted by Crippen LogP contribution is -2.00. The molecule has 3 heterocycles. The maximum atomic E-state index is 5.15. The molecule has 0 spiro atoms. The number of hydrogen-bond acceptors (Lipinski definition) is 6. The van der Waals surface area contributed by atoms with E-state index in [0.717, 1.165) is 37.5 Å². The van der Waals surface area contributed by atoms with Crippen molar-refractivity contribution in [3.63, 3.8) is 0 Å². The Hall–Kier alpha value is -5.56. The highest BCUT2D eigenvalue weighted by Gasteiger charge is 2.19. The van der Waals surface area contributed by atoms with E-state index >= 15 is 0 Å². The van der Waals surface area contributed by atoms with Crippen LogP contribution < -0.4 is 0 Å². The summed E-state index contributed by atoms with van der Waals surface area (Å²) in [7, 11) is 0. The van der Waals surface area contributed by atoms with Crippen LogP contribution in [0.4, 0.5) is 0 Å². The molecule has 0 unspecified atom stereocenters. The molecule has 0 aliphatic carbocycles. The second kappa shape index (κ2) is 11.1. The van der Waals surface area contributed by atoms with E-state index in [2.05, 4.69) is 78.9 Å². The monoisotopic (exact) mass is 624 g/mol. The van der Waals surface area contributed by atoms with Gasteiger partial charge < -0.3 is 0 Å². The SMILES string of the molecule is c1ccc(-c2ccc3sc(-c4cccc5c4sc4c(-c6nc(-c7ccccc7)nc(-c7ccccc7)n6)cccc45)nc3c2)cc1. The number of fused-ring (bicyclic) bond motifs is 4. The Balaban J connectivity index is 1.21. The Morgan fingerprint density at radius 2 is 0.913 bits per heavy atom. The van der Waals surface area contributed by atoms with E-state index in [4.69, 9.17) is 19.9 Å². The van der Waals surface area contributed by atoms with Gasteiger partial charge in [-0.05, 0) is 29.3 Å². The Morgan fingerprint density at radius 1 is 0.370 bits per heavy atom. The lowest BCUT2D eigenvalue weighted by Gasteiger charge is -2.09. The molecule has 6 heteroatoms. The van der Waals surface area contributed by atoms with Gasteiger partial charge in [0.1, 0.15) is 5.01 Å². The number of thiazole rings is 1. The normalized spacial score (nSPS) is 11.5. The fourth-order valence-electron chi connectivity index (χ4n) is 5.95. The van der Waals surface area contributed by atoms with E-state index in [0.29, 0.717) is 17.5 Å². The number of aromatic nitrogens is 4. The molecule has 0 aliphatic rings. The minimum atomic E-state index is 0.660. The lowest BCUT2D eigenvalue weighted by molar-refractivity contribution is 1.08. The smallest absolute Gasteiger partial charge is 0.165 e. The minimum Gasteiger partial charge on any atom is -0.236 e. The van der Waals surface area contributed by atoms with Gasteiger partial charge >= 0.3 is 0 Å². The van der Waals surface area contributed by atoms with Gasteiger partial charge in [-0.25, -0.2) is 19.9 Å². The molecule has 46 heavy (non-hydrogen) atoms. The van der Waals surface area contributed by atoms with E-state index < -0.39 is 0 Å². The summed E-state index contributed by atoms with van der Waals surface area (Å²) >= 11 is 3.53. The van der Waals surface area contributed by atoms with Gasteiger partial charge in [0.15, 0.2) is 17.5 Å². The quantitative estimate of drug-likeness (QED) is 0.191. The number of benzene rings is 6. The minimum absolute atomic E-state index is 0.660. The molecule has 0 aliphatic heterocycles. The first-order chi connectivity index (χ1) is 22.8. The van der Waals surface area contributed by atoms with Crippen molar-refractivity contribution in [3.05, 3.63) is 146 Å². The van der Waals surface area contributed by atoms with Crippen molar-refractivity contribution in [2.24, 2.45) is 0 Å². The van der Waals surface area contributed by atoms with Gasteiger partial charge in [0, 0.05) is 42.4 Å². The zero-order valence-corrected chi connectivity index (χ0v) is 26.1. The molecule has 4 nitrogen and oxygen atoms in total. The number of hydrogen-bond donors (Lipinski definition) is 0. The van der Waals surface area contributed by atoms with Crippen molar-refractivity contribution in [3.8, 4) is 55.9 Å². The Bertz CT molecular complexity index is 2460. The molecule has 0 saturated carbocycles. The van der Waals surface area contributed by atoms with Crippen molar-refractivity contribution in [2.75, 3.05) is 0 Å².